The molecule has 6 nitrogen and oxygen atoms in total. The van der Waals surface area contributed by atoms with Crippen LogP contribution in [0, 0.1) is 0 Å². The van der Waals surface area contributed by atoms with Gasteiger partial charge in [-0.05, 0) is 42.0 Å². The van der Waals surface area contributed by atoms with Gasteiger partial charge in [0.15, 0.2) is 0 Å². The summed E-state index contributed by atoms with van der Waals surface area (Å²) in [5.74, 6) is 0.318. The van der Waals surface area contributed by atoms with Gasteiger partial charge in [0.25, 0.3) is 0 Å². The topological polar surface area (TPSA) is 74.5 Å². The molecule has 2 aromatic carbocycles. The number of benzene rings is 2. The molecule has 0 fully saturated rings. The highest BCUT2D eigenvalue weighted by Crippen LogP contribution is 2.19. The van der Waals surface area contributed by atoms with Crippen LogP contribution in [0.3, 0.4) is 0 Å². The molecule has 9 heteroatoms. The number of rotatable bonds is 8. The van der Waals surface area contributed by atoms with Crippen molar-refractivity contribution in [2.45, 2.75) is 26.1 Å². The maximum Gasteiger partial charge on any atom is 0.387 e. The molecule has 0 unspecified atom stereocenters. The smallest absolute Gasteiger partial charge is 0.387 e. The second-order valence-corrected chi connectivity index (χ2v) is 6.14. The second kappa shape index (κ2) is 9.27. The first-order chi connectivity index (χ1) is 13.5. The molecule has 0 saturated carbocycles. The van der Waals surface area contributed by atoms with Gasteiger partial charge in [0.2, 0.25) is 11.7 Å². The van der Waals surface area contributed by atoms with Gasteiger partial charge in [-0.2, -0.15) is 13.8 Å². The minimum atomic E-state index is -2.88. The molecule has 1 heterocycles. The fraction of sp³-hybridized carbons (Fsp3) is 0.211. The monoisotopic (exact) mass is 408 g/mol. The fourth-order valence-electron chi connectivity index (χ4n) is 2.28. The number of carbonyl (C=O) groups excluding carboxylic acids is 1. The molecule has 0 bridgehead atoms. The van der Waals surface area contributed by atoms with Gasteiger partial charge in [-0.15, -0.1) is 0 Å². The van der Waals surface area contributed by atoms with Crippen molar-refractivity contribution in [2.75, 3.05) is 0 Å². The van der Waals surface area contributed by atoms with Crippen LogP contribution in [0.2, 0.25) is 5.02 Å². The Hall–Kier alpha value is -3.00. The van der Waals surface area contributed by atoms with Gasteiger partial charge in [0.05, 0.1) is 6.42 Å². The Kier molecular flexibility index (Phi) is 6.54. The van der Waals surface area contributed by atoms with E-state index in [1.807, 2.05) is 0 Å². The van der Waals surface area contributed by atoms with Crippen LogP contribution in [0.25, 0.3) is 11.4 Å². The molecule has 146 valence electrons. The van der Waals surface area contributed by atoms with Crippen LogP contribution in [0.1, 0.15) is 17.9 Å². The van der Waals surface area contributed by atoms with Crippen LogP contribution in [0.5, 0.6) is 5.75 Å². The highest BCUT2D eigenvalue weighted by molar-refractivity contribution is 6.30. The van der Waals surface area contributed by atoms with Gasteiger partial charge < -0.3 is 14.0 Å². The lowest BCUT2D eigenvalue weighted by Gasteiger charge is -2.06. The summed E-state index contributed by atoms with van der Waals surface area (Å²) in [5, 5.41) is 4.47. The standard InChI is InChI=1S/C19H15ClF2N2O4/c20-14-5-3-13(4-6-14)18-23-16(28-24-18)9-10-17(25)26-11-12-1-7-15(8-2-12)27-19(21)22/h1-8,19H,9-11H2. The quantitative estimate of drug-likeness (QED) is 0.504. The predicted octanol–water partition coefficient (Wildman–Crippen LogP) is 4.67. The Morgan fingerprint density at radius 2 is 1.82 bits per heavy atom. The van der Waals surface area contributed by atoms with Gasteiger partial charge in [0.1, 0.15) is 12.4 Å². The third kappa shape index (κ3) is 5.75. The zero-order valence-electron chi connectivity index (χ0n) is 14.5. The number of hydrogen-bond acceptors (Lipinski definition) is 6. The molecular weight excluding hydrogens is 394 g/mol. The Balaban J connectivity index is 1.45. The van der Waals surface area contributed by atoms with Gasteiger partial charge in [-0.3, -0.25) is 4.79 Å². The number of aromatic nitrogens is 2. The number of carbonyl (C=O) groups is 1. The van der Waals surface area contributed by atoms with E-state index in [0.29, 0.717) is 22.3 Å². The number of halogens is 3. The van der Waals surface area contributed by atoms with Crippen molar-refractivity contribution in [1.29, 1.82) is 0 Å². The fourth-order valence-corrected chi connectivity index (χ4v) is 2.41. The van der Waals surface area contributed by atoms with E-state index in [4.69, 9.17) is 20.9 Å². The molecule has 0 saturated heterocycles. The van der Waals surface area contributed by atoms with Crippen LogP contribution in [-0.2, 0) is 22.6 Å². The van der Waals surface area contributed by atoms with Crippen LogP contribution >= 0.6 is 11.6 Å². The third-order valence-electron chi connectivity index (χ3n) is 3.66. The average molecular weight is 409 g/mol. The molecule has 0 radical (unpaired) electrons. The maximum absolute atomic E-state index is 12.1. The van der Waals surface area contributed by atoms with E-state index in [-0.39, 0.29) is 25.2 Å². The minimum Gasteiger partial charge on any atom is -0.461 e. The van der Waals surface area contributed by atoms with Gasteiger partial charge in [-0.1, -0.05) is 28.9 Å². The number of alkyl halides is 2. The summed E-state index contributed by atoms with van der Waals surface area (Å²) < 4.78 is 38.7. The zero-order valence-corrected chi connectivity index (χ0v) is 15.2. The molecule has 1 aromatic heterocycles. The molecule has 0 N–H and O–H groups in total. The van der Waals surface area contributed by atoms with E-state index in [9.17, 15) is 13.6 Å². The third-order valence-corrected chi connectivity index (χ3v) is 3.91. The first-order valence-electron chi connectivity index (χ1n) is 8.27. The summed E-state index contributed by atoms with van der Waals surface area (Å²) in [7, 11) is 0. The van der Waals surface area contributed by atoms with E-state index < -0.39 is 12.6 Å². The number of hydrogen-bond donors (Lipinski definition) is 0. The molecule has 28 heavy (non-hydrogen) atoms. The summed E-state index contributed by atoms with van der Waals surface area (Å²) in [5.41, 5.74) is 1.40. The van der Waals surface area contributed by atoms with Crippen molar-refractivity contribution in [1.82, 2.24) is 10.1 Å². The molecule has 0 atom stereocenters. The Morgan fingerprint density at radius 3 is 2.50 bits per heavy atom. The van der Waals surface area contributed by atoms with Gasteiger partial charge in [0, 0.05) is 17.0 Å². The summed E-state index contributed by atoms with van der Waals surface area (Å²) in [6.07, 6.45) is 0.301. The first-order valence-corrected chi connectivity index (χ1v) is 8.65. The molecule has 3 aromatic rings. The van der Waals surface area contributed by atoms with Crippen molar-refractivity contribution in [3.05, 3.63) is 65.0 Å². The maximum atomic E-state index is 12.1. The summed E-state index contributed by atoms with van der Waals surface area (Å²) in [6.45, 7) is -2.86. The van der Waals surface area contributed by atoms with Crippen LogP contribution in [0.4, 0.5) is 8.78 Å². The SMILES string of the molecule is O=C(CCc1nc(-c2ccc(Cl)cc2)no1)OCc1ccc(OC(F)F)cc1. The first kappa shape index (κ1) is 19.8. The zero-order chi connectivity index (χ0) is 19.9. The predicted molar refractivity (Wildman–Crippen MR) is 95.9 cm³/mol. The van der Waals surface area contributed by atoms with Crippen molar-refractivity contribution >= 4 is 17.6 Å². The van der Waals surface area contributed by atoms with Gasteiger partial charge >= 0.3 is 12.6 Å². The lowest BCUT2D eigenvalue weighted by molar-refractivity contribution is -0.145. The number of ether oxygens (including phenoxy) is 2. The lowest BCUT2D eigenvalue weighted by atomic mass is 10.2. The Labute approximate surface area is 164 Å². The Bertz CT molecular complexity index is 914. The highest BCUT2D eigenvalue weighted by atomic mass is 35.5. The summed E-state index contributed by atoms with van der Waals surface area (Å²) in [6, 6.07) is 12.8. The molecule has 0 amide bonds. The normalized spacial score (nSPS) is 10.9. The lowest BCUT2D eigenvalue weighted by Crippen LogP contribution is -2.06. The van der Waals surface area contributed by atoms with Crippen molar-refractivity contribution in [3.8, 4) is 17.1 Å². The molecule has 0 aliphatic heterocycles. The van der Waals surface area contributed by atoms with Crippen LogP contribution in [-0.4, -0.2) is 22.7 Å². The molecule has 3 rings (SSSR count). The average Bonchev–Trinajstić information content (AvgIpc) is 3.15. The summed E-state index contributed by atoms with van der Waals surface area (Å²) in [4.78, 5) is 16.1. The highest BCUT2D eigenvalue weighted by Gasteiger charge is 2.12. The van der Waals surface area contributed by atoms with E-state index in [0.717, 1.165) is 5.56 Å². The largest absolute Gasteiger partial charge is 0.461 e. The van der Waals surface area contributed by atoms with Crippen molar-refractivity contribution < 1.29 is 27.6 Å². The van der Waals surface area contributed by atoms with E-state index >= 15 is 0 Å². The summed E-state index contributed by atoms with van der Waals surface area (Å²) >= 11 is 5.84. The molecule has 0 spiro atoms. The molecular formula is C19H15ClF2N2O4. The molecule has 0 aliphatic rings. The van der Waals surface area contributed by atoms with E-state index in [1.54, 1.807) is 36.4 Å². The van der Waals surface area contributed by atoms with Gasteiger partial charge in [-0.25, -0.2) is 0 Å². The van der Waals surface area contributed by atoms with Crippen LogP contribution < -0.4 is 4.74 Å². The number of aryl methyl sites for hydroxylation is 1. The second-order valence-electron chi connectivity index (χ2n) is 5.70. The van der Waals surface area contributed by atoms with E-state index in [1.165, 1.54) is 12.1 Å². The van der Waals surface area contributed by atoms with Crippen LogP contribution in [0.15, 0.2) is 53.1 Å². The Morgan fingerprint density at radius 1 is 1.11 bits per heavy atom. The van der Waals surface area contributed by atoms with E-state index in [2.05, 4.69) is 14.9 Å². The number of esters is 1. The number of nitrogens with zero attached hydrogens (tertiary/aromatic N) is 2. The molecule has 0 aliphatic carbocycles. The van der Waals surface area contributed by atoms with Crippen molar-refractivity contribution in [2.24, 2.45) is 0 Å². The minimum absolute atomic E-state index is 0.0215. The van der Waals surface area contributed by atoms with Crippen molar-refractivity contribution in [3.63, 3.8) is 0 Å².